The normalized spacial score (nSPS) is 10.7. The summed E-state index contributed by atoms with van der Waals surface area (Å²) >= 11 is 12.3. The fraction of sp³-hybridized carbons (Fsp3) is 0.429. The molecule has 114 valence electrons. The first kappa shape index (κ1) is 15.9. The molecular weight excluding hydrogens is 311 g/mol. The van der Waals surface area contributed by atoms with Crippen molar-refractivity contribution in [2.75, 3.05) is 17.2 Å². The molecule has 0 atom stereocenters. The van der Waals surface area contributed by atoms with E-state index < -0.39 is 0 Å². The van der Waals surface area contributed by atoms with Crippen molar-refractivity contribution in [2.45, 2.75) is 33.7 Å². The van der Waals surface area contributed by atoms with Gasteiger partial charge in [0.15, 0.2) is 0 Å². The summed E-state index contributed by atoms with van der Waals surface area (Å²) in [4.78, 5) is 4.43. The van der Waals surface area contributed by atoms with E-state index in [-0.39, 0.29) is 0 Å². The second kappa shape index (κ2) is 7.00. The summed E-state index contributed by atoms with van der Waals surface area (Å²) < 4.78 is 5.13. The lowest BCUT2D eigenvalue weighted by atomic mass is 10.2. The van der Waals surface area contributed by atoms with Crippen LogP contribution in [0.5, 0.6) is 0 Å². The van der Waals surface area contributed by atoms with Gasteiger partial charge in [-0.1, -0.05) is 35.3 Å². The molecule has 2 heterocycles. The molecule has 2 rings (SSSR count). The number of aryl methyl sites for hydroxylation is 2. The molecule has 0 aliphatic carbocycles. The van der Waals surface area contributed by atoms with Crippen LogP contribution in [0, 0.1) is 13.8 Å². The molecule has 0 aliphatic rings. The van der Waals surface area contributed by atoms with Gasteiger partial charge in [-0.05, 0) is 26.3 Å². The Morgan fingerprint density at radius 2 is 1.81 bits per heavy atom. The minimum atomic E-state index is 0.480. The van der Waals surface area contributed by atoms with Gasteiger partial charge in [0.1, 0.15) is 17.4 Å². The molecule has 21 heavy (non-hydrogen) atoms. The van der Waals surface area contributed by atoms with Gasteiger partial charge in [0.25, 0.3) is 0 Å². The SMILES string of the molecule is CCCNc1nc(NCc2c(C)noc2C)c(Cl)cc1Cl. The van der Waals surface area contributed by atoms with Crippen molar-refractivity contribution in [3.05, 3.63) is 33.1 Å². The number of pyridine rings is 1. The second-order valence-corrected chi connectivity index (χ2v) is 5.55. The zero-order valence-corrected chi connectivity index (χ0v) is 13.8. The molecule has 0 aromatic carbocycles. The molecule has 0 saturated heterocycles. The first-order chi connectivity index (χ1) is 10.0. The molecule has 5 nitrogen and oxygen atoms in total. The maximum Gasteiger partial charge on any atom is 0.147 e. The first-order valence-electron chi connectivity index (χ1n) is 6.78. The summed E-state index contributed by atoms with van der Waals surface area (Å²) in [6.45, 7) is 7.20. The second-order valence-electron chi connectivity index (χ2n) is 4.73. The largest absolute Gasteiger partial charge is 0.369 e. The van der Waals surface area contributed by atoms with Crippen molar-refractivity contribution < 1.29 is 4.52 Å². The van der Waals surface area contributed by atoms with Crippen LogP contribution < -0.4 is 10.6 Å². The third-order valence-corrected chi connectivity index (χ3v) is 3.66. The molecule has 0 spiro atoms. The maximum absolute atomic E-state index is 6.18. The van der Waals surface area contributed by atoms with E-state index in [4.69, 9.17) is 27.7 Å². The number of nitrogens with one attached hydrogen (secondary N) is 2. The van der Waals surface area contributed by atoms with E-state index in [2.05, 4.69) is 27.7 Å². The lowest BCUT2D eigenvalue weighted by molar-refractivity contribution is 0.392. The van der Waals surface area contributed by atoms with Crippen molar-refractivity contribution in [3.63, 3.8) is 0 Å². The highest BCUT2D eigenvalue weighted by Crippen LogP contribution is 2.29. The van der Waals surface area contributed by atoms with Crippen LogP contribution in [0.2, 0.25) is 10.0 Å². The minimum absolute atomic E-state index is 0.480. The quantitative estimate of drug-likeness (QED) is 0.821. The van der Waals surface area contributed by atoms with Crippen molar-refractivity contribution in [1.29, 1.82) is 0 Å². The number of rotatable bonds is 6. The molecule has 7 heteroatoms. The highest BCUT2D eigenvalue weighted by Gasteiger charge is 2.12. The molecule has 0 saturated carbocycles. The number of aromatic nitrogens is 2. The van der Waals surface area contributed by atoms with Crippen molar-refractivity contribution in [1.82, 2.24) is 10.1 Å². The summed E-state index contributed by atoms with van der Waals surface area (Å²) in [5.74, 6) is 2.00. The smallest absolute Gasteiger partial charge is 0.147 e. The van der Waals surface area contributed by atoms with Crippen LogP contribution in [0.25, 0.3) is 0 Å². The highest BCUT2D eigenvalue weighted by atomic mass is 35.5. The number of nitrogens with zero attached hydrogens (tertiary/aromatic N) is 2. The summed E-state index contributed by atoms with van der Waals surface area (Å²) in [6, 6.07) is 1.68. The van der Waals surface area contributed by atoms with E-state index in [1.54, 1.807) is 6.07 Å². The van der Waals surface area contributed by atoms with E-state index in [1.807, 2.05) is 13.8 Å². The molecule has 2 aromatic rings. The molecule has 0 bridgehead atoms. The summed E-state index contributed by atoms with van der Waals surface area (Å²) in [5.41, 5.74) is 1.86. The van der Waals surface area contributed by atoms with E-state index >= 15 is 0 Å². The topological polar surface area (TPSA) is 63.0 Å². The number of hydrogen-bond acceptors (Lipinski definition) is 5. The Labute approximate surface area is 134 Å². The maximum atomic E-state index is 6.18. The Kier molecular flexibility index (Phi) is 5.31. The number of halogens is 2. The van der Waals surface area contributed by atoms with Gasteiger partial charge in [0.05, 0.1) is 15.7 Å². The van der Waals surface area contributed by atoms with Crippen molar-refractivity contribution >= 4 is 34.8 Å². The zero-order chi connectivity index (χ0) is 15.4. The molecule has 0 unspecified atom stereocenters. The van der Waals surface area contributed by atoms with Gasteiger partial charge in [-0.25, -0.2) is 4.98 Å². The number of anilines is 2. The fourth-order valence-electron chi connectivity index (χ4n) is 1.88. The Morgan fingerprint density at radius 3 is 2.38 bits per heavy atom. The van der Waals surface area contributed by atoms with E-state index in [0.717, 1.165) is 30.0 Å². The van der Waals surface area contributed by atoms with Crippen LogP contribution >= 0.6 is 23.2 Å². The van der Waals surface area contributed by atoms with Crippen LogP contribution in [-0.4, -0.2) is 16.7 Å². The fourth-order valence-corrected chi connectivity index (χ4v) is 2.38. The van der Waals surface area contributed by atoms with Crippen molar-refractivity contribution in [3.8, 4) is 0 Å². The summed E-state index contributed by atoms with van der Waals surface area (Å²) in [5, 5.41) is 11.3. The summed E-state index contributed by atoms with van der Waals surface area (Å²) in [7, 11) is 0. The van der Waals surface area contributed by atoms with Crippen molar-refractivity contribution in [2.24, 2.45) is 0 Å². The van der Waals surface area contributed by atoms with E-state index in [9.17, 15) is 0 Å². The molecule has 2 aromatic heterocycles. The molecule has 2 N–H and O–H groups in total. The Morgan fingerprint density at radius 1 is 1.14 bits per heavy atom. The molecule has 0 amide bonds. The molecule has 0 fully saturated rings. The monoisotopic (exact) mass is 328 g/mol. The Bertz CT molecular complexity index is 608. The molecule has 0 radical (unpaired) electrons. The van der Waals surface area contributed by atoms with Gasteiger partial charge in [0.2, 0.25) is 0 Å². The van der Waals surface area contributed by atoms with E-state index in [1.165, 1.54) is 0 Å². The standard InChI is InChI=1S/C14H18Cl2N4O/c1-4-5-17-13-11(15)6-12(16)14(19-13)18-7-10-8(2)20-21-9(10)3/h6H,4-5,7H2,1-3H3,(H2,17,18,19). The third-order valence-electron chi connectivity index (χ3n) is 3.09. The molecular formula is C14H18Cl2N4O. The van der Waals surface area contributed by atoms with Gasteiger partial charge in [-0.2, -0.15) is 0 Å². The van der Waals surface area contributed by atoms with Gasteiger partial charge in [0, 0.05) is 18.7 Å². The van der Waals surface area contributed by atoms with Gasteiger partial charge >= 0.3 is 0 Å². The number of hydrogen-bond donors (Lipinski definition) is 2. The third kappa shape index (κ3) is 3.80. The molecule has 0 aliphatic heterocycles. The van der Waals surface area contributed by atoms with Crippen LogP contribution in [0.4, 0.5) is 11.6 Å². The van der Waals surface area contributed by atoms with Crippen LogP contribution in [0.3, 0.4) is 0 Å². The van der Waals surface area contributed by atoms with Crippen LogP contribution in [0.15, 0.2) is 10.6 Å². The van der Waals surface area contributed by atoms with Gasteiger partial charge in [-0.15, -0.1) is 0 Å². The zero-order valence-electron chi connectivity index (χ0n) is 12.3. The lowest BCUT2D eigenvalue weighted by Gasteiger charge is -2.12. The first-order valence-corrected chi connectivity index (χ1v) is 7.54. The lowest BCUT2D eigenvalue weighted by Crippen LogP contribution is -2.07. The van der Waals surface area contributed by atoms with Gasteiger partial charge in [-0.3, -0.25) is 0 Å². The van der Waals surface area contributed by atoms with E-state index in [0.29, 0.717) is 28.2 Å². The highest BCUT2D eigenvalue weighted by molar-refractivity contribution is 6.37. The average Bonchev–Trinajstić information content (AvgIpc) is 2.76. The predicted octanol–water partition coefficient (Wildman–Crippen LogP) is 4.43. The Balaban J connectivity index is 2.16. The van der Waals surface area contributed by atoms with Crippen LogP contribution in [0.1, 0.15) is 30.4 Å². The predicted molar refractivity (Wildman–Crippen MR) is 86.3 cm³/mol. The Hall–Kier alpha value is -1.46. The van der Waals surface area contributed by atoms with Gasteiger partial charge < -0.3 is 15.2 Å². The summed E-state index contributed by atoms with van der Waals surface area (Å²) in [6.07, 6.45) is 0.989. The minimum Gasteiger partial charge on any atom is -0.369 e. The average molecular weight is 329 g/mol. The van der Waals surface area contributed by atoms with Crippen LogP contribution in [-0.2, 0) is 6.54 Å².